The van der Waals surface area contributed by atoms with Crippen LogP contribution < -0.4 is 0 Å². The average Bonchev–Trinajstić information content (AvgIpc) is 2.71. The molecule has 3 rings (SSSR count). The maximum absolute atomic E-state index is 12.0. The third-order valence-electron chi connectivity index (χ3n) is 2.88. The summed E-state index contributed by atoms with van der Waals surface area (Å²) in [6, 6.07) is 16.0. The first-order chi connectivity index (χ1) is 9.27. The number of benzene rings is 2. The smallest absolute Gasteiger partial charge is 0.317 e. The molecule has 0 aromatic heterocycles. The fourth-order valence-corrected chi connectivity index (χ4v) is 1.94. The first-order valence-corrected chi connectivity index (χ1v) is 5.82. The Kier molecular flexibility index (Phi) is 2.62. The second-order valence-electron chi connectivity index (χ2n) is 4.11. The van der Waals surface area contributed by atoms with Gasteiger partial charge in [-0.2, -0.15) is 4.74 Å². The van der Waals surface area contributed by atoms with Crippen LogP contribution in [-0.4, -0.2) is 16.2 Å². The SMILES string of the molecule is O=C1C(C#Cc2ccccc2)=[N+]([O-])c2ccccc21. The summed E-state index contributed by atoms with van der Waals surface area (Å²) in [5.41, 5.74) is 1.52. The summed E-state index contributed by atoms with van der Waals surface area (Å²) in [6.07, 6.45) is 0. The molecule has 0 unspecified atom stereocenters. The predicted molar refractivity (Wildman–Crippen MR) is 72.4 cm³/mol. The van der Waals surface area contributed by atoms with E-state index in [2.05, 4.69) is 11.8 Å². The molecule has 3 nitrogen and oxygen atoms in total. The van der Waals surface area contributed by atoms with Crippen molar-refractivity contribution in [1.29, 1.82) is 0 Å². The van der Waals surface area contributed by atoms with Crippen LogP contribution in [0.5, 0.6) is 0 Å². The minimum Gasteiger partial charge on any atom is -0.617 e. The normalized spacial score (nSPS) is 12.9. The van der Waals surface area contributed by atoms with Crippen molar-refractivity contribution in [2.45, 2.75) is 0 Å². The Morgan fingerprint density at radius 2 is 1.58 bits per heavy atom. The van der Waals surface area contributed by atoms with Crippen molar-refractivity contribution in [3.63, 3.8) is 0 Å². The van der Waals surface area contributed by atoms with Gasteiger partial charge in [0.15, 0.2) is 0 Å². The first-order valence-electron chi connectivity index (χ1n) is 5.82. The number of hydrogen-bond donors (Lipinski definition) is 0. The molecule has 0 spiro atoms. The number of fused-ring (bicyclic) bond motifs is 1. The van der Waals surface area contributed by atoms with Crippen molar-refractivity contribution >= 4 is 17.2 Å². The molecule has 0 N–H and O–H groups in total. The van der Waals surface area contributed by atoms with Crippen molar-refractivity contribution in [2.75, 3.05) is 0 Å². The van der Waals surface area contributed by atoms with Crippen LogP contribution in [0.3, 0.4) is 0 Å². The summed E-state index contributed by atoms with van der Waals surface area (Å²) in [5.74, 6) is 5.20. The zero-order valence-corrected chi connectivity index (χ0v) is 9.96. The maximum Gasteiger partial charge on any atom is 0.317 e. The number of carbonyl (C=O) groups excluding carboxylic acids is 1. The van der Waals surface area contributed by atoms with E-state index in [4.69, 9.17) is 0 Å². The van der Waals surface area contributed by atoms with Crippen molar-refractivity contribution in [3.05, 3.63) is 70.9 Å². The minimum absolute atomic E-state index is 0.0231. The lowest BCUT2D eigenvalue weighted by Crippen LogP contribution is -2.12. The number of hydrogen-bond acceptors (Lipinski definition) is 2. The fourth-order valence-electron chi connectivity index (χ4n) is 1.94. The van der Waals surface area contributed by atoms with Crippen molar-refractivity contribution in [3.8, 4) is 11.8 Å². The van der Waals surface area contributed by atoms with Gasteiger partial charge in [0.2, 0.25) is 5.69 Å². The van der Waals surface area contributed by atoms with Crippen LogP contribution in [0, 0.1) is 17.0 Å². The van der Waals surface area contributed by atoms with Gasteiger partial charge in [0.25, 0.3) is 5.78 Å². The molecule has 2 aromatic carbocycles. The molecule has 0 aliphatic carbocycles. The summed E-state index contributed by atoms with van der Waals surface area (Å²) in [4.78, 5) is 12.0. The highest BCUT2D eigenvalue weighted by molar-refractivity contribution is 6.52. The Hall–Kier alpha value is -2.86. The molecule has 0 fully saturated rings. The molecule has 0 atom stereocenters. The number of para-hydroxylation sites is 1. The molecule has 2 aromatic rings. The van der Waals surface area contributed by atoms with E-state index in [1.54, 1.807) is 24.3 Å². The standard InChI is InChI=1S/C16H9NO2/c18-16-13-8-4-5-9-14(13)17(19)15(16)11-10-12-6-2-1-3-7-12/h1-9H. The fraction of sp³-hybridized carbons (Fsp3) is 0. The topological polar surface area (TPSA) is 43.1 Å². The highest BCUT2D eigenvalue weighted by atomic mass is 16.5. The molecule has 0 bridgehead atoms. The molecule has 19 heavy (non-hydrogen) atoms. The Labute approximate surface area is 110 Å². The summed E-state index contributed by atoms with van der Waals surface area (Å²) in [7, 11) is 0. The third-order valence-corrected chi connectivity index (χ3v) is 2.88. The number of Topliss-reactive ketones (excluding diaryl/α,β-unsaturated/α-hetero) is 1. The summed E-state index contributed by atoms with van der Waals surface area (Å²) >= 11 is 0. The van der Waals surface area contributed by atoms with Crippen LogP contribution in [0.2, 0.25) is 0 Å². The lowest BCUT2D eigenvalue weighted by Gasteiger charge is -1.97. The van der Waals surface area contributed by atoms with Gasteiger partial charge in [-0.3, -0.25) is 4.79 Å². The number of nitrogens with zero attached hydrogens (tertiary/aromatic N) is 1. The second-order valence-corrected chi connectivity index (χ2v) is 4.11. The Morgan fingerprint density at radius 3 is 2.32 bits per heavy atom. The van der Waals surface area contributed by atoms with Gasteiger partial charge >= 0.3 is 5.71 Å². The molecule has 1 aliphatic rings. The largest absolute Gasteiger partial charge is 0.617 e. The van der Waals surface area contributed by atoms with Gasteiger partial charge in [0.1, 0.15) is 5.56 Å². The van der Waals surface area contributed by atoms with E-state index >= 15 is 0 Å². The van der Waals surface area contributed by atoms with E-state index in [1.807, 2.05) is 30.3 Å². The van der Waals surface area contributed by atoms with Crippen LogP contribution in [0.1, 0.15) is 15.9 Å². The minimum atomic E-state index is -0.311. The monoisotopic (exact) mass is 247 g/mol. The van der Waals surface area contributed by atoms with Gasteiger partial charge in [0, 0.05) is 17.6 Å². The van der Waals surface area contributed by atoms with E-state index in [0.29, 0.717) is 16.0 Å². The van der Waals surface area contributed by atoms with Gasteiger partial charge in [-0.25, -0.2) is 0 Å². The molecular weight excluding hydrogens is 238 g/mol. The van der Waals surface area contributed by atoms with E-state index in [9.17, 15) is 10.0 Å². The highest BCUT2D eigenvalue weighted by Gasteiger charge is 2.33. The number of rotatable bonds is 0. The molecule has 0 radical (unpaired) electrons. The van der Waals surface area contributed by atoms with E-state index in [1.165, 1.54) is 0 Å². The first kappa shape index (κ1) is 11.2. The summed E-state index contributed by atoms with van der Waals surface area (Å²) in [5, 5.41) is 12.0. The van der Waals surface area contributed by atoms with Crippen LogP contribution in [0.25, 0.3) is 0 Å². The molecule has 0 saturated carbocycles. The van der Waals surface area contributed by atoms with Gasteiger partial charge < -0.3 is 5.21 Å². The second kappa shape index (κ2) is 4.43. The van der Waals surface area contributed by atoms with E-state index < -0.39 is 0 Å². The number of ketones is 1. The molecule has 1 heterocycles. The Balaban J connectivity index is 2.03. The predicted octanol–water partition coefficient (Wildman–Crippen LogP) is 2.52. The molecule has 3 heteroatoms. The Morgan fingerprint density at radius 1 is 0.895 bits per heavy atom. The third kappa shape index (κ3) is 1.90. The van der Waals surface area contributed by atoms with Gasteiger partial charge in [0.05, 0.1) is 0 Å². The zero-order valence-electron chi connectivity index (χ0n) is 9.96. The van der Waals surface area contributed by atoms with Crippen molar-refractivity contribution in [1.82, 2.24) is 0 Å². The molecular formula is C16H9NO2. The van der Waals surface area contributed by atoms with Crippen LogP contribution in [-0.2, 0) is 0 Å². The van der Waals surface area contributed by atoms with E-state index in [-0.39, 0.29) is 11.5 Å². The lowest BCUT2D eigenvalue weighted by atomic mass is 10.1. The Bertz CT molecular complexity index is 749. The van der Waals surface area contributed by atoms with Crippen LogP contribution in [0.4, 0.5) is 5.69 Å². The molecule has 0 amide bonds. The van der Waals surface area contributed by atoms with E-state index in [0.717, 1.165) is 5.56 Å². The number of carbonyl (C=O) groups is 1. The van der Waals surface area contributed by atoms with Crippen molar-refractivity contribution in [2.24, 2.45) is 0 Å². The quantitative estimate of drug-likeness (QED) is 0.408. The zero-order chi connectivity index (χ0) is 13.2. The van der Waals surface area contributed by atoms with Gasteiger partial charge in [-0.05, 0) is 18.2 Å². The van der Waals surface area contributed by atoms with Crippen LogP contribution in [0.15, 0.2) is 54.6 Å². The van der Waals surface area contributed by atoms with Gasteiger partial charge in [-0.1, -0.05) is 36.3 Å². The average molecular weight is 247 g/mol. The molecule has 0 saturated heterocycles. The van der Waals surface area contributed by atoms with Crippen molar-refractivity contribution < 1.29 is 9.53 Å². The van der Waals surface area contributed by atoms with Gasteiger partial charge in [-0.15, -0.1) is 0 Å². The maximum atomic E-state index is 12.0. The summed E-state index contributed by atoms with van der Waals surface area (Å²) in [6.45, 7) is 0. The highest BCUT2D eigenvalue weighted by Crippen LogP contribution is 2.24. The molecule has 90 valence electrons. The van der Waals surface area contributed by atoms with Crippen LogP contribution >= 0.6 is 0 Å². The summed E-state index contributed by atoms with van der Waals surface area (Å²) < 4.78 is 0.605. The molecule has 1 aliphatic heterocycles. The lowest BCUT2D eigenvalue weighted by molar-refractivity contribution is -0.354.